The Hall–Kier alpha value is -1.75. The van der Waals surface area contributed by atoms with Crippen LogP contribution >= 0.6 is 0 Å². The van der Waals surface area contributed by atoms with Crippen LogP contribution in [0.15, 0.2) is 18.2 Å². The fourth-order valence-electron chi connectivity index (χ4n) is 3.77. The number of hydrogen-bond donors (Lipinski definition) is 0. The van der Waals surface area contributed by atoms with E-state index in [9.17, 15) is 26.9 Å². The molecule has 0 saturated heterocycles. The molecule has 28 heavy (non-hydrogen) atoms. The molecule has 0 atom stereocenters. The van der Waals surface area contributed by atoms with Crippen LogP contribution in [-0.4, -0.2) is 13.9 Å². The summed E-state index contributed by atoms with van der Waals surface area (Å²) in [4.78, 5) is 0. The summed E-state index contributed by atoms with van der Waals surface area (Å²) in [6, 6.07) is 5.90. The Kier molecular flexibility index (Phi) is 7.76. The minimum Gasteiger partial charge on any atom is -0.375 e. The van der Waals surface area contributed by atoms with Gasteiger partial charge in [-0.1, -0.05) is 45.1 Å². The third kappa shape index (κ3) is 5.87. The Morgan fingerprint density at radius 2 is 1.82 bits per heavy atom. The summed E-state index contributed by atoms with van der Waals surface area (Å²) in [5, 5.41) is 9.22. The summed E-state index contributed by atoms with van der Waals surface area (Å²) in [6.45, 7) is 2.19. The van der Waals surface area contributed by atoms with Crippen LogP contribution in [0.3, 0.4) is 0 Å². The molecule has 4 nitrogen and oxygen atoms in total. The van der Waals surface area contributed by atoms with Crippen molar-refractivity contribution in [2.45, 2.75) is 76.1 Å². The number of unbranched alkanes of at least 4 members (excludes halogenated alkanes) is 3. The topological polar surface area (TPSA) is 67.2 Å². The maximum Gasteiger partial charge on any atom is 0.534 e. The molecule has 0 bridgehead atoms. The summed E-state index contributed by atoms with van der Waals surface area (Å²) in [5.74, 6) is 0.350. The minimum atomic E-state index is -5.79. The molecule has 0 unspecified atom stereocenters. The first kappa shape index (κ1) is 22.5. The third-order valence-corrected chi connectivity index (χ3v) is 6.36. The van der Waals surface area contributed by atoms with Crippen molar-refractivity contribution >= 4 is 10.1 Å². The summed E-state index contributed by atoms with van der Waals surface area (Å²) in [6.07, 6.45) is 10.4. The summed E-state index contributed by atoms with van der Waals surface area (Å²) >= 11 is 0. The molecule has 1 saturated carbocycles. The number of rotatable bonds is 8. The molecule has 156 valence electrons. The lowest BCUT2D eigenvalue weighted by molar-refractivity contribution is -0.0500. The third-order valence-electron chi connectivity index (χ3n) is 5.39. The maximum absolute atomic E-state index is 12.5. The highest BCUT2D eigenvalue weighted by molar-refractivity contribution is 7.88. The van der Waals surface area contributed by atoms with Crippen molar-refractivity contribution in [2.24, 2.45) is 5.92 Å². The van der Waals surface area contributed by atoms with Gasteiger partial charge in [0.1, 0.15) is 6.07 Å². The van der Waals surface area contributed by atoms with Crippen molar-refractivity contribution in [3.8, 4) is 11.8 Å². The molecule has 0 N–H and O–H groups in total. The van der Waals surface area contributed by atoms with Crippen LogP contribution in [0.1, 0.15) is 81.8 Å². The summed E-state index contributed by atoms with van der Waals surface area (Å²) in [7, 11) is -5.79. The number of halogens is 3. The molecular weight excluding hydrogens is 391 g/mol. The molecule has 1 aliphatic carbocycles. The minimum absolute atomic E-state index is 0.202. The lowest BCUT2D eigenvalue weighted by Gasteiger charge is -2.29. The van der Waals surface area contributed by atoms with E-state index in [0.29, 0.717) is 5.92 Å². The van der Waals surface area contributed by atoms with Crippen LogP contribution in [0.5, 0.6) is 5.75 Å². The predicted molar refractivity (Wildman–Crippen MR) is 100 cm³/mol. The number of hydrogen-bond acceptors (Lipinski definition) is 4. The van der Waals surface area contributed by atoms with Crippen molar-refractivity contribution in [1.82, 2.24) is 0 Å². The molecule has 0 amide bonds. The van der Waals surface area contributed by atoms with E-state index in [2.05, 4.69) is 11.1 Å². The van der Waals surface area contributed by atoms with Crippen molar-refractivity contribution in [3.05, 3.63) is 29.3 Å². The lowest BCUT2D eigenvalue weighted by Crippen LogP contribution is -2.28. The summed E-state index contributed by atoms with van der Waals surface area (Å²) in [5.41, 5.74) is -4.89. The van der Waals surface area contributed by atoms with Gasteiger partial charge in [0.05, 0.1) is 5.56 Å². The molecule has 8 heteroatoms. The molecule has 1 fully saturated rings. The van der Waals surface area contributed by atoms with Crippen molar-refractivity contribution < 1.29 is 25.8 Å². The van der Waals surface area contributed by atoms with Gasteiger partial charge in [-0.15, -0.1) is 0 Å². The van der Waals surface area contributed by atoms with E-state index in [1.165, 1.54) is 38.2 Å². The average Bonchev–Trinajstić information content (AvgIpc) is 2.65. The molecule has 1 aliphatic rings. The van der Waals surface area contributed by atoms with Gasteiger partial charge < -0.3 is 4.18 Å². The summed E-state index contributed by atoms with van der Waals surface area (Å²) < 4.78 is 64.0. The second kappa shape index (κ2) is 9.64. The quantitative estimate of drug-likeness (QED) is 0.294. The first-order chi connectivity index (χ1) is 13.2. The predicted octanol–water partition coefficient (Wildman–Crippen LogP) is 6.03. The van der Waals surface area contributed by atoms with Crippen LogP contribution in [-0.2, 0) is 10.1 Å². The van der Waals surface area contributed by atoms with Crippen molar-refractivity contribution in [3.63, 3.8) is 0 Å². The zero-order chi connectivity index (χ0) is 20.8. The van der Waals surface area contributed by atoms with E-state index in [4.69, 9.17) is 0 Å². The van der Waals surface area contributed by atoms with Gasteiger partial charge in [0.15, 0.2) is 5.75 Å². The second-order valence-corrected chi connectivity index (χ2v) is 8.96. The highest BCUT2D eigenvalue weighted by atomic mass is 32.2. The number of nitriles is 1. The van der Waals surface area contributed by atoms with Gasteiger partial charge in [-0.3, -0.25) is 0 Å². The Balaban J connectivity index is 2.00. The molecule has 1 aromatic carbocycles. The molecule has 0 aromatic heterocycles. The molecule has 1 aromatic rings. The van der Waals surface area contributed by atoms with E-state index in [1.807, 2.05) is 0 Å². The molecule has 0 heterocycles. The van der Waals surface area contributed by atoms with Gasteiger partial charge in [-0.25, -0.2) is 0 Å². The largest absolute Gasteiger partial charge is 0.534 e. The molecule has 0 aliphatic heterocycles. The first-order valence-electron chi connectivity index (χ1n) is 9.72. The average molecular weight is 417 g/mol. The van der Waals surface area contributed by atoms with Gasteiger partial charge in [-0.2, -0.15) is 26.9 Å². The van der Waals surface area contributed by atoms with Crippen LogP contribution in [0, 0.1) is 17.2 Å². The van der Waals surface area contributed by atoms with E-state index in [1.54, 1.807) is 12.1 Å². The molecular formula is C20H26F3NO3S. The van der Waals surface area contributed by atoms with Crippen molar-refractivity contribution in [1.29, 1.82) is 5.26 Å². The van der Waals surface area contributed by atoms with Gasteiger partial charge in [0.2, 0.25) is 0 Å². The van der Waals surface area contributed by atoms with Crippen LogP contribution in [0.2, 0.25) is 0 Å². The highest BCUT2D eigenvalue weighted by Gasteiger charge is 2.48. The van der Waals surface area contributed by atoms with Gasteiger partial charge in [0, 0.05) is 0 Å². The Morgan fingerprint density at radius 3 is 2.39 bits per heavy atom. The lowest BCUT2D eigenvalue weighted by atomic mass is 9.77. The van der Waals surface area contributed by atoms with E-state index >= 15 is 0 Å². The van der Waals surface area contributed by atoms with Crippen molar-refractivity contribution in [2.75, 3.05) is 0 Å². The normalized spacial score (nSPS) is 20.5. The SMILES string of the molecule is CCCCCCC1CCC(c2ccc(OS(=O)(=O)C(F)(F)F)c(C#N)c2)CC1. The number of alkyl halides is 3. The fraction of sp³-hybridized carbons (Fsp3) is 0.650. The smallest absolute Gasteiger partial charge is 0.375 e. The van der Waals surface area contributed by atoms with Crippen LogP contribution < -0.4 is 4.18 Å². The first-order valence-corrected chi connectivity index (χ1v) is 11.1. The van der Waals surface area contributed by atoms with Crippen LogP contribution in [0.25, 0.3) is 0 Å². The monoisotopic (exact) mass is 417 g/mol. The fourth-order valence-corrected chi connectivity index (χ4v) is 4.25. The zero-order valence-electron chi connectivity index (χ0n) is 16.0. The maximum atomic E-state index is 12.5. The molecule has 0 radical (unpaired) electrons. The van der Waals surface area contributed by atoms with E-state index in [0.717, 1.165) is 37.3 Å². The van der Waals surface area contributed by atoms with Gasteiger partial charge >= 0.3 is 15.6 Å². The Morgan fingerprint density at radius 1 is 1.14 bits per heavy atom. The molecule has 0 spiro atoms. The standard InChI is InChI=1S/C20H26F3NO3S/c1-2-3-4-5-6-15-7-9-16(10-8-15)17-11-12-19(18(13-17)14-24)27-28(25,26)20(21,22)23/h11-13,15-16H,2-10H2,1H3. The highest BCUT2D eigenvalue weighted by Crippen LogP contribution is 2.39. The number of nitrogens with zero attached hydrogens (tertiary/aromatic N) is 1. The Bertz CT molecular complexity index is 792. The molecule has 2 rings (SSSR count). The Labute approximate surface area is 164 Å². The number of benzene rings is 1. The zero-order valence-corrected chi connectivity index (χ0v) is 16.8. The van der Waals surface area contributed by atoms with Gasteiger partial charge in [-0.05, 0) is 55.2 Å². The van der Waals surface area contributed by atoms with Crippen LogP contribution in [0.4, 0.5) is 13.2 Å². The second-order valence-electron chi connectivity index (χ2n) is 7.42. The van der Waals surface area contributed by atoms with Gasteiger partial charge in [0.25, 0.3) is 0 Å². The van der Waals surface area contributed by atoms with E-state index in [-0.39, 0.29) is 11.5 Å². The van der Waals surface area contributed by atoms with E-state index < -0.39 is 21.4 Å².